The molecular weight excluding hydrogens is 268 g/mol. The van der Waals surface area contributed by atoms with E-state index in [1.165, 1.54) is 4.68 Å². The lowest BCUT2D eigenvalue weighted by Crippen LogP contribution is -2.02. The molecule has 0 amide bonds. The summed E-state index contributed by atoms with van der Waals surface area (Å²) in [6.45, 7) is 0. The van der Waals surface area contributed by atoms with Crippen molar-refractivity contribution in [1.29, 1.82) is 0 Å². The number of phenols is 1. The Morgan fingerprint density at radius 3 is 2.48 bits per heavy atom. The first-order valence-electron chi connectivity index (χ1n) is 6.34. The number of rotatable bonds is 3. The number of methoxy groups -OCH3 is 1. The van der Waals surface area contributed by atoms with E-state index in [-0.39, 0.29) is 5.75 Å². The molecule has 6 heteroatoms. The smallest absolute Gasteiger partial charge is 0.156 e. The van der Waals surface area contributed by atoms with Crippen LogP contribution in [0.25, 0.3) is 16.9 Å². The van der Waals surface area contributed by atoms with E-state index in [4.69, 9.17) is 10.5 Å². The second-order valence-corrected chi connectivity index (χ2v) is 4.45. The van der Waals surface area contributed by atoms with Gasteiger partial charge in [-0.05, 0) is 36.4 Å². The van der Waals surface area contributed by atoms with Crippen molar-refractivity contribution < 1.29 is 9.84 Å². The van der Waals surface area contributed by atoms with Crippen LogP contribution in [0, 0.1) is 0 Å². The molecule has 0 fully saturated rings. The van der Waals surface area contributed by atoms with Gasteiger partial charge in [0.15, 0.2) is 5.82 Å². The van der Waals surface area contributed by atoms with Crippen molar-refractivity contribution in [2.45, 2.75) is 0 Å². The normalized spacial score (nSPS) is 10.5. The van der Waals surface area contributed by atoms with Crippen molar-refractivity contribution in [1.82, 2.24) is 15.0 Å². The third-order valence-electron chi connectivity index (χ3n) is 3.18. The fraction of sp³-hybridized carbons (Fsp3) is 0.0667. The van der Waals surface area contributed by atoms with Crippen LogP contribution in [0.2, 0.25) is 0 Å². The average Bonchev–Trinajstić information content (AvgIpc) is 2.89. The van der Waals surface area contributed by atoms with Gasteiger partial charge in [0.2, 0.25) is 0 Å². The highest BCUT2D eigenvalue weighted by Crippen LogP contribution is 2.29. The predicted octanol–water partition coefficient (Wildman–Crippen LogP) is 2.23. The van der Waals surface area contributed by atoms with Gasteiger partial charge >= 0.3 is 0 Å². The van der Waals surface area contributed by atoms with E-state index in [1.54, 1.807) is 31.4 Å². The van der Waals surface area contributed by atoms with E-state index in [9.17, 15) is 5.11 Å². The van der Waals surface area contributed by atoms with Crippen LogP contribution in [0.15, 0.2) is 48.5 Å². The molecule has 0 saturated carbocycles. The summed E-state index contributed by atoms with van der Waals surface area (Å²) >= 11 is 0. The zero-order valence-electron chi connectivity index (χ0n) is 11.4. The van der Waals surface area contributed by atoms with Crippen molar-refractivity contribution in [3.8, 4) is 28.4 Å². The number of nitrogen functional groups attached to an aromatic ring is 1. The van der Waals surface area contributed by atoms with Gasteiger partial charge in [0, 0.05) is 5.56 Å². The van der Waals surface area contributed by atoms with Crippen LogP contribution in [-0.4, -0.2) is 27.2 Å². The predicted molar refractivity (Wildman–Crippen MR) is 79.4 cm³/mol. The molecule has 0 saturated heterocycles. The van der Waals surface area contributed by atoms with Gasteiger partial charge in [-0.3, -0.25) is 0 Å². The number of anilines is 1. The molecule has 3 aromatic rings. The summed E-state index contributed by atoms with van der Waals surface area (Å²) in [6, 6.07) is 14.2. The molecule has 21 heavy (non-hydrogen) atoms. The number of nitrogens with zero attached hydrogens (tertiary/aromatic N) is 3. The Labute approximate surface area is 121 Å². The summed E-state index contributed by atoms with van der Waals surface area (Å²) in [7, 11) is 1.61. The maximum Gasteiger partial charge on any atom is 0.156 e. The van der Waals surface area contributed by atoms with E-state index < -0.39 is 0 Å². The standard InChI is InChI=1S/C15H14N4O2/c1-21-11-8-6-10(7-9-11)14-15(16)19(18-17-14)12-4-2-3-5-13(12)20/h2-9,20H,16H2,1H3. The fourth-order valence-corrected chi connectivity index (χ4v) is 2.06. The fourth-order valence-electron chi connectivity index (χ4n) is 2.06. The zero-order valence-corrected chi connectivity index (χ0v) is 11.4. The van der Waals surface area contributed by atoms with E-state index in [1.807, 2.05) is 24.3 Å². The van der Waals surface area contributed by atoms with Gasteiger partial charge in [-0.25, -0.2) is 0 Å². The van der Waals surface area contributed by atoms with Crippen LogP contribution in [0.1, 0.15) is 0 Å². The highest BCUT2D eigenvalue weighted by molar-refractivity contribution is 5.71. The molecule has 0 aliphatic carbocycles. The van der Waals surface area contributed by atoms with Crippen LogP contribution in [0.4, 0.5) is 5.82 Å². The lowest BCUT2D eigenvalue weighted by Gasteiger charge is -2.05. The molecule has 6 nitrogen and oxygen atoms in total. The molecule has 0 unspecified atom stereocenters. The van der Waals surface area contributed by atoms with Crippen LogP contribution < -0.4 is 10.5 Å². The van der Waals surface area contributed by atoms with Gasteiger partial charge in [-0.15, -0.1) is 5.10 Å². The van der Waals surface area contributed by atoms with Crippen molar-refractivity contribution in [2.24, 2.45) is 0 Å². The summed E-state index contributed by atoms with van der Waals surface area (Å²) in [5.41, 5.74) is 7.98. The molecular formula is C15H14N4O2. The van der Waals surface area contributed by atoms with E-state index in [2.05, 4.69) is 10.3 Å². The number of ether oxygens (including phenoxy) is 1. The summed E-state index contributed by atoms with van der Waals surface area (Å²) in [4.78, 5) is 0. The SMILES string of the molecule is COc1ccc(-c2nnn(-c3ccccc3O)c2N)cc1. The number of benzene rings is 2. The van der Waals surface area contributed by atoms with Crippen molar-refractivity contribution >= 4 is 5.82 Å². The molecule has 3 rings (SSSR count). The average molecular weight is 282 g/mol. The molecule has 2 aromatic carbocycles. The van der Waals surface area contributed by atoms with Gasteiger partial charge < -0.3 is 15.6 Å². The molecule has 0 atom stereocenters. The third-order valence-corrected chi connectivity index (χ3v) is 3.18. The minimum atomic E-state index is 0.0929. The lowest BCUT2D eigenvalue weighted by molar-refractivity contribution is 0.415. The van der Waals surface area contributed by atoms with Crippen LogP contribution >= 0.6 is 0 Å². The number of phenolic OH excluding ortho intramolecular Hbond substituents is 1. The highest BCUT2D eigenvalue weighted by Gasteiger charge is 2.15. The lowest BCUT2D eigenvalue weighted by atomic mass is 10.1. The third kappa shape index (κ3) is 2.27. The number of nitrogens with two attached hydrogens (primary N) is 1. The molecule has 1 aromatic heterocycles. The second kappa shape index (κ2) is 5.16. The Hall–Kier alpha value is -3.02. The topological polar surface area (TPSA) is 86.2 Å². The maximum atomic E-state index is 9.88. The second-order valence-electron chi connectivity index (χ2n) is 4.45. The summed E-state index contributed by atoms with van der Waals surface area (Å²) in [6.07, 6.45) is 0. The van der Waals surface area contributed by atoms with Gasteiger partial charge in [0.05, 0.1) is 7.11 Å². The van der Waals surface area contributed by atoms with Crippen LogP contribution in [0.3, 0.4) is 0 Å². The quantitative estimate of drug-likeness (QED) is 0.769. The first-order chi connectivity index (χ1) is 10.2. The molecule has 0 bridgehead atoms. The van der Waals surface area contributed by atoms with Gasteiger partial charge in [-0.2, -0.15) is 4.68 Å². The van der Waals surface area contributed by atoms with Crippen molar-refractivity contribution in [3.63, 3.8) is 0 Å². The Bertz CT molecular complexity index is 766. The first kappa shape index (κ1) is 13.0. The van der Waals surface area contributed by atoms with E-state index >= 15 is 0 Å². The largest absolute Gasteiger partial charge is 0.506 e. The first-order valence-corrected chi connectivity index (χ1v) is 6.34. The number of hydrogen-bond donors (Lipinski definition) is 2. The molecule has 1 heterocycles. The Morgan fingerprint density at radius 2 is 1.81 bits per heavy atom. The Kier molecular flexibility index (Phi) is 3.19. The van der Waals surface area contributed by atoms with Crippen LogP contribution in [-0.2, 0) is 0 Å². The minimum absolute atomic E-state index is 0.0929. The molecule has 0 aliphatic rings. The summed E-state index contributed by atoms with van der Waals surface area (Å²) < 4.78 is 6.53. The minimum Gasteiger partial charge on any atom is -0.506 e. The van der Waals surface area contributed by atoms with Crippen LogP contribution in [0.5, 0.6) is 11.5 Å². The van der Waals surface area contributed by atoms with E-state index in [0.717, 1.165) is 11.3 Å². The maximum absolute atomic E-state index is 9.88. The molecule has 0 aliphatic heterocycles. The molecule has 0 radical (unpaired) electrons. The van der Waals surface area contributed by atoms with Gasteiger partial charge in [-0.1, -0.05) is 17.3 Å². The molecule has 0 spiro atoms. The molecule has 3 N–H and O–H groups in total. The summed E-state index contributed by atoms with van der Waals surface area (Å²) in [5, 5.41) is 18.0. The summed E-state index contributed by atoms with van der Waals surface area (Å²) in [5.74, 6) is 1.21. The Morgan fingerprint density at radius 1 is 1.10 bits per heavy atom. The number of hydrogen-bond acceptors (Lipinski definition) is 5. The monoisotopic (exact) mass is 282 g/mol. The van der Waals surface area contributed by atoms with Crippen molar-refractivity contribution in [2.75, 3.05) is 12.8 Å². The van der Waals surface area contributed by atoms with E-state index in [0.29, 0.717) is 17.2 Å². The number of para-hydroxylation sites is 2. The van der Waals surface area contributed by atoms with Gasteiger partial charge in [0.1, 0.15) is 22.9 Å². The molecule has 106 valence electrons. The number of aromatic nitrogens is 3. The van der Waals surface area contributed by atoms with Gasteiger partial charge in [0.25, 0.3) is 0 Å². The number of aromatic hydroxyl groups is 1. The zero-order chi connectivity index (χ0) is 14.8. The highest BCUT2D eigenvalue weighted by atomic mass is 16.5. The Balaban J connectivity index is 2.05. The van der Waals surface area contributed by atoms with Crippen molar-refractivity contribution in [3.05, 3.63) is 48.5 Å².